The van der Waals surface area contributed by atoms with Crippen LogP contribution in [0, 0.1) is 29.4 Å². The van der Waals surface area contributed by atoms with E-state index in [4.69, 9.17) is 9.72 Å². The van der Waals surface area contributed by atoms with Gasteiger partial charge in [-0.1, -0.05) is 18.1 Å². The third kappa shape index (κ3) is 6.74. The number of benzene rings is 2. The van der Waals surface area contributed by atoms with Gasteiger partial charge < -0.3 is 10.1 Å². The lowest BCUT2D eigenvalue weighted by atomic mass is 9.93. The fourth-order valence-electron chi connectivity index (χ4n) is 5.30. The Balaban J connectivity index is 1.70. The molecule has 0 radical (unpaired) electrons. The van der Waals surface area contributed by atoms with Gasteiger partial charge in [-0.15, -0.1) is 0 Å². The minimum atomic E-state index is -3.87. The number of nitrogens with zero attached hydrogens (tertiary/aromatic N) is 3. The molecule has 4 aromatic rings. The van der Waals surface area contributed by atoms with Gasteiger partial charge in [0.05, 0.1) is 17.3 Å². The zero-order valence-electron chi connectivity index (χ0n) is 23.9. The van der Waals surface area contributed by atoms with Crippen molar-refractivity contribution < 1.29 is 26.7 Å². The first-order valence-corrected chi connectivity index (χ1v) is 15.3. The molecule has 0 saturated carbocycles. The first-order chi connectivity index (χ1) is 20.6. The summed E-state index contributed by atoms with van der Waals surface area (Å²) in [7, 11) is -0.916. The average molecular weight is 608 g/mol. The number of sulfonamides is 1. The fourth-order valence-corrected chi connectivity index (χ4v) is 6.18. The van der Waals surface area contributed by atoms with Crippen LogP contribution in [0.15, 0.2) is 53.6 Å². The molecule has 43 heavy (non-hydrogen) atoms. The van der Waals surface area contributed by atoms with Crippen molar-refractivity contribution in [3.63, 3.8) is 0 Å². The molecular formula is C31H31F2N5O4S. The topological polar surface area (TPSA) is 115 Å². The van der Waals surface area contributed by atoms with Gasteiger partial charge in [0.25, 0.3) is 10.0 Å². The summed E-state index contributed by atoms with van der Waals surface area (Å²) in [6, 6.07) is 11.2. The number of nitrogens with one attached hydrogen (secondary N) is 2. The maximum Gasteiger partial charge on any atom is 0.260 e. The second kappa shape index (κ2) is 12.6. The summed E-state index contributed by atoms with van der Waals surface area (Å²) in [5.74, 6) is 4.74. The summed E-state index contributed by atoms with van der Waals surface area (Å²) in [6.07, 6.45) is 1.67. The van der Waals surface area contributed by atoms with Crippen LogP contribution in [0.5, 0.6) is 0 Å². The summed E-state index contributed by atoms with van der Waals surface area (Å²) in [5, 5.41) is 7.44. The molecule has 224 valence electrons. The Kier molecular flexibility index (Phi) is 8.87. The van der Waals surface area contributed by atoms with Crippen molar-refractivity contribution in [1.29, 1.82) is 0 Å². The number of fused-ring (bicyclic) bond motifs is 1. The van der Waals surface area contributed by atoms with Crippen LogP contribution < -0.4 is 10.0 Å². The Morgan fingerprint density at radius 1 is 1.12 bits per heavy atom. The van der Waals surface area contributed by atoms with Gasteiger partial charge in [0, 0.05) is 55.7 Å². The number of rotatable bonds is 7. The molecule has 12 heteroatoms. The summed E-state index contributed by atoms with van der Waals surface area (Å²) in [4.78, 5) is 17.3. The molecule has 1 saturated heterocycles. The Morgan fingerprint density at radius 3 is 2.51 bits per heavy atom. The Hall–Kier alpha value is -4.18. The Morgan fingerprint density at radius 2 is 1.84 bits per heavy atom. The lowest BCUT2D eigenvalue weighted by Crippen LogP contribution is -2.29. The zero-order chi connectivity index (χ0) is 30.7. The number of aromatic nitrogens is 3. The van der Waals surface area contributed by atoms with Gasteiger partial charge in [0.1, 0.15) is 17.3 Å². The summed E-state index contributed by atoms with van der Waals surface area (Å²) in [6.45, 7) is 2.64. The number of carbonyl (C=O) groups excluding carboxylic acids is 1. The SMILES string of the molecule is CNS(=O)(=O)c1nn(C)c2c(-c3ccc(C#CC4CCOCC4)nc3[C@H](Cc3cc(F)cc(F)c3)NC(C)=O)cccc12. The number of hydrogen-bond donors (Lipinski definition) is 2. The van der Waals surface area contributed by atoms with E-state index in [-0.39, 0.29) is 23.3 Å². The molecule has 1 atom stereocenters. The lowest BCUT2D eigenvalue weighted by molar-refractivity contribution is -0.119. The second-order valence-corrected chi connectivity index (χ2v) is 12.2. The second-order valence-electron chi connectivity index (χ2n) is 10.4. The zero-order valence-corrected chi connectivity index (χ0v) is 24.8. The van der Waals surface area contributed by atoms with E-state index in [1.165, 1.54) is 30.8 Å². The van der Waals surface area contributed by atoms with E-state index in [2.05, 4.69) is 27.0 Å². The molecule has 0 aliphatic carbocycles. The van der Waals surface area contributed by atoms with Crippen molar-refractivity contribution in [3.05, 3.63) is 77.1 Å². The molecule has 5 rings (SSSR count). The number of amides is 1. The van der Waals surface area contributed by atoms with Crippen LogP contribution in [0.2, 0.25) is 0 Å². The van der Waals surface area contributed by atoms with E-state index in [0.717, 1.165) is 18.9 Å². The summed E-state index contributed by atoms with van der Waals surface area (Å²) >= 11 is 0. The number of ether oxygens (including phenoxy) is 1. The number of aryl methyl sites for hydroxylation is 1. The summed E-state index contributed by atoms with van der Waals surface area (Å²) in [5.41, 5.74) is 2.90. The molecule has 2 aromatic heterocycles. The van der Waals surface area contributed by atoms with Crippen LogP contribution in [0.1, 0.15) is 42.8 Å². The number of carbonyl (C=O) groups is 1. The molecule has 2 aromatic carbocycles. The van der Waals surface area contributed by atoms with Crippen molar-refractivity contribution in [1.82, 2.24) is 24.8 Å². The highest BCUT2D eigenvalue weighted by Gasteiger charge is 2.26. The molecular weight excluding hydrogens is 576 g/mol. The average Bonchev–Trinajstić information content (AvgIpc) is 3.33. The summed E-state index contributed by atoms with van der Waals surface area (Å²) < 4.78 is 63.0. The van der Waals surface area contributed by atoms with Gasteiger partial charge in [-0.05, 0) is 68.1 Å². The molecule has 9 nitrogen and oxygen atoms in total. The van der Waals surface area contributed by atoms with Crippen molar-refractivity contribution in [3.8, 4) is 23.0 Å². The van der Waals surface area contributed by atoms with E-state index in [0.29, 0.717) is 52.2 Å². The number of pyridine rings is 1. The van der Waals surface area contributed by atoms with Crippen LogP contribution in [0.4, 0.5) is 8.78 Å². The van der Waals surface area contributed by atoms with Gasteiger partial charge >= 0.3 is 0 Å². The van der Waals surface area contributed by atoms with Crippen molar-refractivity contribution in [2.24, 2.45) is 13.0 Å². The predicted molar refractivity (Wildman–Crippen MR) is 157 cm³/mol. The van der Waals surface area contributed by atoms with Gasteiger partial charge in [-0.25, -0.2) is 26.9 Å². The van der Waals surface area contributed by atoms with Gasteiger partial charge in [0.15, 0.2) is 5.03 Å². The van der Waals surface area contributed by atoms with Crippen molar-refractivity contribution >= 4 is 26.8 Å². The third-order valence-corrected chi connectivity index (χ3v) is 8.61. The fraction of sp³-hybridized carbons (Fsp3) is 0.323. The minimum Gasteiger partial charge on any atom is -0.381 e. The standard InChI is InChI=1S/C31H31F2N5O4S/c1-19(39)35-28(17-21-15-22(32)18-23(33)16-21)29-25(10-9-24(36-29)8-7-20-11-13-42-14-12-20)26-5-4-6-27-30(26)38(3)37-31(27)43(40,41)34-2/h4-6,9-10,15-16,18,20,28,34H,11-14,17H2,1-3H3,(H,35,39)/t28-/m0/s1. The number of halogens is 2. The first-order valence-electron chi connectivity index (χ1n) is 13.8. The molecule has 1 amide bonds. The highest BCUT2D eigenvalue weighted by molar-refractivity contribution is 7.89. The van der Waals surface area contributed by atoms with E-state index in [1.807, 2.05) is 6.07 Å². The van der Waals surface area contributed by atoms with Crippen molar-refractivity contribution in [2.75, 3.05) is 20.3 Å². The van der Waals surface area contributed by atoms with Crippen LogP contribution in [-0.2, 0) is 33.0 Å². The number of para-hydroxylation sites is 1. The van der Waals surface area contributed by atoms with Gasteiger partial charge in [-0.3, -0.25) is 9.48 Å². The van der Waals surface area contributed by atoms with E-state index in [9.17, 15) is 22.0 Å². The predicted octanol–water partition coefficient (Wildman–Crippen LogP) is 4.02. The largest absolute Gasteiger partial charge is 0.381 e. The van der Waals surface area contributed by atoms with Crippen LogP contribution in [-0.4, -0.2) is 49.4 Å². The van der Waals surface area contributed by atoms with E-state index >= 15 is 0 Å². The molecule has 0 bridgehead atoms. The Labute approximate surface area is 248 Å². The van der Waals surface area contributed by atoms with Crippen LogP contribution >= 0.6 is 0 Å². The highest BCUT2D eigenvalue weighted by Crippen LogP contribution is 2.36. The maximum absolute atomic E-state index is 14.1. The molecule has 0 unspecified atom stereocenters. The van der Waals surface area contributed by atoms with Crippen LogP contribution in [0.3, 0.4) is 0 Å². The Bertz CT molecular complexity index is 1840. The van der Waals surface area contributed by atoms with Gasteiger partial charge in [-0.2, -0.15) is 5.10 Å². The monoisotopic (exact) mass is 607 g/mol. The highest BCUT2D eigenvalue weighted by atomic mass is 32.2. The molecule has 2 N–H and O–H groups in total. The molecule has 0 spiro atoms. The molecule has 1 fully saturated rings. The van der Waals surface area contributed by atoms with E-state index < -0.39 is 27.7 Å². The quantitative estimate of drug-likeness (QED) is 0.307. The lowest BCUT2D eigenvalue weighted by Gasteiger charge is -2.22. The first kappa shape index (κ1) is 30.3. The third-order valence-electron chi connectivity index (χ3n) is 7.26. The molecule has 3 heterocycles. The molecule has 1 aliphatic rings. The molecule has 1 aliphatic heterocycles. The smallest absolute Gasteiger partial charge is 0.260 e. The number of hydrogen-bond acceptors (Lipinski definition) is 6. The maximum atomic E-state index is 14.1. The van der Waals surface area contributed by atoms with E-state index in [1.54, 1.807) is 31.3 Å². The van der Waals surface area contributed by atoms with Crippen molar-refractivity contribution in [2.45, 2.75) is 37.3 Å². The van der Waals surface area contributed by atoms with Gasteiger partial charge in [0.2, 0.25) is 5.91 Å². The van der Waals surface area contributed by atoms with Crippen LogP contribution in [0.25, 0.3) is 22.0 Å². The normalized spacial score (nSPS) is 14.7. The minimum absolute atomic E-state index is 0.0336.